The van der Waals surface area contributed by atoms with E-state index in [1.54, 1.807) is 14.2 Å². The van der Waals surface area contributed by atoms with Gasteiger partial charge in [0, 0.05) is 20.3 Å². The third kappa shape index (κ3) is 5.17. The minimum Gasteiger partial charge on any atom is -0.354 e. The van der Waals surface area contributed by atoms with E-state index >= 15 is 0 Å². The van der Waals surface area contributed by atoms with Gasteiger partial charge < -0.3 is 14.8 Å². The Morgan fingerprint density at radius 3 is 2.22 bits per heavy atom. The van der Waals surface area contributed by atoms with Gasteiger partial charge in [0.05, 0.1) is 6.04 Å². The van der Waals surface area contributed by atoms with Crippen molar-refractivity contribution in [2.45, 2.75) is 45.1 Å². The number of benzene rings is 1. The molecule has 2 unspecified atom stereocenters. The molecule has 0 spiro atoms. The van der Waals surface area contributed by atoms with E-state index in [9.17, 15) is 0 Å². The maximum Gasteiger partial charge on any atom is 0.171 e. The van der Waals surface area contributed by atoms with Gasteiger partial charge in [0.15, 0.2) is 6.29 Å². The van der Waals surface area contributed by atoms with Crippen molar-refractivity contribution in [3.8, 4) is 0 Å². The van der Waals surface area contributed by atoms with Gasteiger partial charge in [-0.05, 0) is 32.3 Å². The van der Waals surface area contributed by atoms with Crippen LogP contribution < -0.4 is 5.32 Å². The highest BCUT2D eigenvalue weighted by atomic mass is 16.7. The number of ether oxygens (including phenoxy) is 2. The van der Waals surface area contributed by atoms with Crippen molar-refractivity contribution in [2.75, 3.05) is 14.2 Å². The average Bonchev–Trinajstić information content (AvgIpc) is 2.39. The van der Waals surface area contributed by atoms with E-state index in [1.807, 2.05) is 0 Å². The predicted molar refractivity (Wildman–Crippen MR) is 74.6 cm³/mol. The molecule has 3 heteroatoms. The van der Waals surface area contributed by atoms with Crippen LogP contribution in [0.2, 0.25) is 0 Å². The zero-order valence-electron chi connectivity index (χ0n) is 11.8. The highest BCUT2D eigenvalue weighted by Crippen LogP contribution is 2.07. The Hall–Kier alpha value is -0.900. The van der Waals surface area contributed by atoms with Crippen molar-refractivity contribution in [3.05, 3.63) is 35.9 Å². The molecule has 0 aliphatic heterocycles. The molecule has 1 rings (SSSR count). The lowest BCUT2D eigenvalue weighted by molar-refractivity contribution is -0.120. The molecule has 0 bridgehead atoms. The summed E-state index contributed by atoms with van der Waals surface area (Å²) in [5.74, 6) is 0. The number of aryl methyl sites for hydroxylation is 1. The average molecular weight is 251 g/mol. The smallest absolute Gasteiger partial charge is 0.171 e. The molecule has 2 atom stereocenters. The van der Waals surface area contributed by atoms with E-state index < -0.39 is 0 Å². The lowest BCUT2D eigenvalue weighted by Gasteiger charge is -2.25. The highest BCUT2D eigenvalue weighted by molar-refractivity contribution is 5.14. The van der Waals surface area contributed by atoms with E-state index in [0.717, 1.165) is 12.8 Å². The summed E-state index contributed by atoms with van der Waals surface area (Å²) in [6.45, 7) is 4.28. The monoisotopic (exact) mass is 251 g/mol. The Bertz CT molecular complexity index is 312. The van der Waals surface area contributed by atoms with Crippen LogP contribution >= 0.6 is 0 Å². The summed E-state index contributed by atoms with van der Waals surface area (Å²) in [4.78, 5) is 0. The van der Waals surface area contributed by atoms with Gasteiger partial charge in [-0.3, -0.25) is 0 Å². The van der Waals surface area contributed by atoms with Gasteiger partial charge in [0.1, 0.15) is 0 Å². The van der Waals surface area contributed by atoms with Crippen LogP contribution in [0.15, 0.2) is 30.3 Å². The van der Waals surface area contributed by atoms with E-state index in [0.29, 0.717) is 6.04 Å². The Kier molecular flexibility index (Phi) is 6.94. The molecular weight excluding hydrogens is 226 g/mol. The largest absolute Gasteiger partial charge is 0.354 e. The standard InChI is InChI=1S/C15H25NO2/c1-12(16-13(2)15(17-3)18-4)10-11-14-8-6-5-7-9-14/h5-9,12-13,15-16H,10-11H2,1-4H3. The lowest BCUT2D eigenvalue weighted by Crippen LogP contribution is -2.44. The molecule has 0 radical (unpaired) electrons. The minimum atomic E-state index is -0.191. The van der Waals surface area contributed by atoms with Crippen molar-refractivity contribution in [1.82, 2.24) is 5.32 Å². The van der Waals surface area contributed by atoms with Crippen LogP contribution in [0, 0.1) is 0 Å². The van der Waals surface area contributed by atoms with Gasteiger partial charge in [0.25, 0.3) is 0 Å². The number of hydrogen-bond donors (Lipinski definition) is 1. The quantitative estimate of drug-likeness (QED) is 0.720. The summed E-state index contributed by atoms with van der Waals surface area (Å²) >= 11 is 0. The SMILES string of the molecule is COC(OC)C(C)NC(C)CCc1ccccc1. The molecule has 0 saturated heterocycles. The van der Waals surface area contributed by atoms with E-state index in [1.165, 1.54) is 5.56 Å². The molecule has 3 nitrogen and oxygen atoms in total. The summed E-state index contributed by atoms with van der Waals surface area (Å²) in [6, 6.07) is 11.2. The van der Waals surface area contributed by atoms with Crippen LogP contribution in [0.5, 0.6) is 0 Å². The molecule has 0 saturated carbocycles. The van der Waals surface area contributed by atoms with Gasteiger partial charge in [-0.1, -0.05) is 30.3 Å². The fourth-order valence-electron chi connectivity index (χ4n) is 2.14. The van der Waals surface area contributed by atoms with Crippen LogP contribution in [-0.4, -0.2) is 32.6 Å². The summed E-state index contributed by atoms with van der Waals surface area (Å²) in [6.07, 6.45) is 2.00. The zero-order chi connectivity index (χ0) is 13.4. The fraction of sp³-hybridized carbons (Fsp3) is 0.600. The van der Waals surface area contributed by atoms with Crippen molar-refractivity contribution in [2.24, 2.45) is 0 Å². The van der Waals surface area contributed by atoms with Crippen LogP contribution in [0.25, 0.3) is 0 Å². The second-order valence-corrected chi connectivity index (χ2v) is 4.72. The molecule has 1 aromatic rings. The van der Waals surface area contributed by atoms with Crippen LogP contribution in [0.1, 0.15) is 25.8 Å². The van der Waals surface area contributed by atoms with Crippen LogP contribution in [0.3, 0.4) is 0 Å². The third-order valence-corrected chi connectivity index (χ3v) is 3.13. The van der Waals surface area contributed by atoms with E-state index in [2.05, 4.69) is 49.5 Å². The van der Waals surface area contributed by atoms with E-state index in [-0.39, 0.29) is 12.3 Å². The first kappa shape index (κ1) is 15.2. The molecule has 0 aromatic heterocycles. The molecule has 1 N–H and O–H groups in total. The maximum absolute atomic E-state index is 5.24. The van der Waals surface area contributed by atoms with Gasteiger partial charge >= 0.3 is 0 Å². The maximum atomic E-state index is 5.24. The molecular formula is C15H25NO2. The topological polar surface area (TPSA) is 30.5 Å². The number of methoxy groups -OCH3 is 2. The Labute approximate surface area is 110 Å². The van der Waals surface area contributed by atoms with Gasteiger partial charge in [-0.25, -0.2) is 0 Å². The molecule has 1 aromatic carbocycles. The Balaban J connectivity index is 2.31. The summed E-state index contributed by atoms with van der Waals surface area (Å²) in [5.41, 5.74) is 1.38. The second-order valence-electron chi connectivity index (χ2n) is 4.72. The Morgan fingerprint density at radius 2 is 1.67 bits per heavy atom. The van der Waals surface area contributed by atoms with Gasteiger partial charge in [0.2, 0.25) is 0 Å². The number of nitrogens with one attached hydrogen (secondary N) is 1. The molecule has 0 fully saturated rings. The lowest BCUT2D eigenvalue weighted by atomic mass is 10.1. The van der Waals surface area contributed by atoms with Crippen LogP contribution in [-0.2, 0) is 15.9 Å². The predicted octanol–water partition coefficient (Wildman–Crippen LogP) is 2.60. The van der Waals surface area contributed by atoms with Crippen molar-refractivity contribution < 1.29 is 9.47 Å². The summed E-state index contributed by atoms with van der Waals surface area (Å²) in [7, 11) is 3.34. The summed E-state index contributed by atoms with van der Waals surface area (Å²) < 4.78 is 10.5. The molecule has 0 aliphatic carbocycles. The molecule has 0 aliphatic rings. The minimum absolute atomic E-state index is 0.186. The van der Waals surface area contributed by atoms with Crippen molar-refractivity contribution in [3.63, 3.8) is 0 Å². The third-order valence-electron chi connectivity index (χ3n) is 3.13. The van der Waals surface area contributed by atoms with Crippen molar-refractivity contribution >= 4 is 0 Å². The molecule has 0 amide bonds. The summed E-state index contributed by atoms with van der Waals surface area (Å²) in [5, 5.41) is 3.50. The zero-order valence-corrected chi connectivity index (χ0v) is 11.8. The van der Waals surface area contributed by atoms with Crippen molar-refractivity contribution in [1.29, 1.82) is 0 Å². The van der Waals surface area contributed by atoms with Gasteiger partial charge in [-0.2, -0.15) is 0 Å². The highest BCUT2D eigenvalue weighted by Gasteiger charge is 2.17. The Morgan fingerprint density at radius 1 is 1.06 bits per heavy atom. The first-order chi connectivity index (χ1) is 8.67. The van der Waals surface area contributed by atoms with E-state index in [4.69, 9.17) is 9.47 Å². The van der Waals surface area contributed by atoms with Crippen LogP contribution in [0.4, 0.5) is 0 Å². The van der Waals surface area contributed by atoms with Gasteiger partial charge in [-0.15, -0.1) is 0 Å². The normalized spacial score (nSPS) is 14.7. The molecule has 0 heterocycles. The first-order valence-corrected chi connectivity index (χ1v) is 6.53. The fourth-order valence-corrected chi connectivity index (χ4v) is 2.14. The first-order valence-electron chi connectivity index (χ1n) is 6.53. The molecule has 18 heavy (non-hydrogen) atoms. The number of hydrogen-bond acceptors (Lipinski definition) is 3. The second kappa shape index (κ2) is 8.25. The molecule has 102 valence electrons. The number of rotatable bonds is 8.